The summed E-state index contributed by atoms with van der Waals surface area (Å²) in [5.74, 6) is 1.73. The van der Waals surface area contributed by atoms with E-state index in [2.05, 4.69) is 36.1 Å². The van der Waals surface area contributed by atoms with Crippen LogP contribution in [0.2, 0.25) is 0 Å². The van der Waals surface area contributed by atoms with Gasteiger partial charge in [-0.25, -0.2) is 0 Å². The molecule has 20 heavy (non-hydrogen) atoms. The van der Waals surface area contributed by atoms with Gasteiger partial charge in [0.05, 0.1) is 7.11 Å². The molecule has 1 aromatic carbocycles. The number of methoxy groups -OCH3 is 1. The first-order valence-corrected chi connectivity index (χ1v) is 7.80. The summed E-state index contributed by atoms with van der Waals surface area (Å²) in [6.45, 7) is 5.62. The zero-order valence-corrected chi connectivity index (χ0v) is 12.8. The minimum atomic E-state index is 0.601. The maximum atomic E-state index is 5.70. The summed E-state index contributed by atoms with van der Waals surface area (Å²) < 4.78 is 5.21. The van der Waals surface area contributed by atoms with E-state index in [9.17, 15) is 0 Å². The van der Waals surface area contributed by atoms with Crippen molar-refractivity contribution in [3.8, 4) is 5.75 Å². The highest BCUT2D eigenvalue weighted by atomic mass is 16.5. The van der Waals surface area contributed by atoms with Crippen LogP contribution in [0, 0.1) is 5.92 Å². The molecule has 0 spiro atoms. The monoisotopic (exact) mass is 276 g/mol. The molecule has 1 fully saturated rings. The quantitative estimate of drug-likeness (QED) is 0.868. The van der Waals surface area contributed by atoms with Gasteiger partial charge in [-0.2, -0.15) is 0 Å². The summed E-state index contributed by atoms with van der Waals surface area (Å²) >= 11 is 0. The Morgan fingerprint density at radius 1 is 1.35 bits per heavy atom. The Labute approximate surface area is 123 Å². The van der Waals surface area contributed by atoms with Crippen molar-refractivity contribution in [2.24, 2.45) is 11.7 Å². The molecule has 112 valence electrons. The largest absolute Gasteiger partial charge is 0.497 e. The number of hydrogen-bond acceptors (Lipinski definition) is 3. The lowest BCUT2D eigenvalue weighted by molar-refractivity contribution is 0.127. The van der Waals surface area contributed by atoms with Gasteiger partial charge in [0.2, 0.25) is 0 Å². The molecule has 3 nitrogen and oxygen atoms in total. The predicted octanol–water partition coefficient (Wildman–Crippen LogP) is 2.69. The van der Waals surface area contributed by atoms with E-state index in [1.807, 2.05) is 0 Å². The molecule has 3 heteroatoms. The molecular weight excluding hydrogens is 248 g/mol. The molecule has 2 unspecified atom stereocenters. The molecule has 1 heterocycles. The number of nitrogens with two attached hydrogens (primary N) is 1. The van der Waals surface area contributed by atoms with Gasteiger partial charge in [-0.05, 0) is 69.3 Å². The predicted molar refractivity (Wildman–Crippen MR) is 84.1 cm³/mol. The molecule has 2 rings (SSSR count). The van der Waals surface area contributed by atoms with Gasteiger partial charge >= 0.3 is 0 Å². The van der Waals surface area contributed by atoms with Gasteiger partial charge in [0, 0.05) is 12.6 Å². The van der Waals surface area contributed by atoms with Gasteiger partial charge in [0.25, 0.3) is 0 Å². The van der Waals surface area contributed by atoms with E-state index in [0.717, 1.165) is 24.6 Å². The molecule has 1 aliphatic rings. The van der Waals surface area contributed by atoms with Crippen LogP contribution >= 0.6 is 0 Å². The maximum Gasteiger partial charge on any atom is 0.118 e. The lowest BCUT2D eigenvalue weighted by Gasteiger charge is -2.37. The first-order chi connectivity index (χ1) is 9.72. The Morgan fingerprint density at radius 3 is 2.75 bits per heavy atom. The Balaban J connectivity index is 1.88. The summed E-state index contributed by atoms with van der Waals surface area (Å²) in [4.78, 5) is 2.63. The average molecular weight is 276 g/mol. The van der Waals surface area contributed by atoms with Crippen LogP contribution in [0.3, 0.4) is 0 Å². The van der Waals surface area contributed by atoms with E-state index in [-0.39, 0.29) is 0 Å². The van der Waals surface area contributed by atoms with Crippen LogP contribution in [0.5, 0.6) is 5.75 Å². The number of likely N-dealkylation sites (tertiary alicyclic amines) is 1. The van der Waals surface area contributed by atoms with Gasteiger partial charge < -0.3 is 15.4 Å². The van der Waals surface area contributed by atoms with Crippen LogP contribution in [-0.2, 0) is 6.42 Å². The highest BCUT2D eigenvalue weighted by Gasteiger charge is 2.23. The zero-order chi connectivity index (χ0) is 14.4. The van der Waals surface area contributed by atoms with Crippen LogP contribution in [0.15, 0.2) is 24.3 Å². The fraction of sp³-hybridized carbons (Fsp3) is 0.647. The number of benzene rings is 1. The summed E-state index contributed by atoms with van der Waals surface area (Å²) in [6, 6.07) is 9.06. The fourth-order valence-electron chi connectivity index (χ4n) is 3.20. The normalized spacial score (nSPS) is 21.6. The minimum absolute atomic E-state index is 0.601. The van der Waals surface area contributed by atoms with Crippen molar-refractivity contribution in [1.82, 2.24) is 4.90 Å². The molecule has 0 aromatic heterocycles. The lowest BCUT2D eigenvalue weighted by Crippen LogP contribution is -2.42. The standard InChI is InChI=1S/C17H28N2O/c1-14(12-15-5-7-17(20-2)8-6-15)19-11-3-4-16(13-19)9-10-18/h5-8,14,16H,3-4,9-13,18H2,1-2H3. The van der Waals surface area contributed by atoms with Gasteiger partial charge in [0.15, 0.2) is 0 Å². The molecule has 1 aromatic rings. The van der Waals surface area contributed by atoms with Crippen LogP contribution in [0.4, 0.5) is 0 Å². The zero-order valence-electron chi connectivity index (χ0n) is 12.8. The highest BCUT2D eigenvalue weighted by molar-refractivity contribution is 5.27. The van der Waals surface area contributed by atoms with Crippen molar-refractivity contribution in [2.75, 3.05) is 26.7 Å². The van der Waals surface area contributed by atoms with Crippen molar-refractivity contribution < 1.29 is 4.74 Å². The Morgan fingerprint density at radius 2 is 2.10 bits per heavy atom. The minimum Gasteiger partial charge on any atom is -0.497 e. The molecule has 2 atom stereocenters. The molecule has 2 N–H and O–H groups in total. The highest BCUT2D eigenvalue weighted by Crippen LogP contribution is 2.22. The number of piperidine rings is 1. The first-order valence-electron chi connectivity index (χ1n) is 7.80. The Hall–Kier alpha value is -1.06. The molecule has 1 aliphatic heterocycles. The van der Waals surface area contributed by atoms with Gasteiger partial charge in [-0.3, -0.25) is 0 Å². The lowest BCUT2D eigenvalue weighted by atomic mass is 9.93. The van der Waals surface area contributed by atoms with Crippen molar-refractivity contribution in [3.63, 3.8) is 0 Å². The van der Waals surface area contributed by atoms with Crippen LogP contribution in [0.1, 0.15) is 31.7 Å². The van der Waals surface area contributed by atoms with Crippen molar-refractivity contribution >= 4 is 0 Å². The van der Waals surface area contributed by atoms with Crippen molar-refractivity contribution in [2.45, 2.75) is 38.6 Å². The number of rotatable bonds is 6. The Bertz CT molecular complexity index is 388. The maximum absolute atomic E-state index is 5.70. The molecular formula is C17H28N2O. The third kappa shape index (κ3) is 4.22. The van der Waals surface area contributed by atoms with E-state index >= 15 is 0 Å². The molecule has 1 saturated heterocycles. The Kier molecular flexibility index (Phi) is 5.86. The second-order valence-electron chi connectivity index (χ2n) is 5.98. The number of hydrogen-bond donors (Lipinski definition) is 1. The second kappa shape index (κ2) is 7.65. The SMILES string of the molecule is COc1ccc(CC(C)N2CCCC(CCN)C2)cc1. The van der Waals surface area contributed by atoms with E-state index in [4.69, 9.17) is 10.5 Å². The van der Waals surface area contributed by atoms with E-state index < -0.39 is 0 Å². The molecule has 0 bridgehead atoms. The first kappa shape index (κ1) is 15.3. The summed E-state index contributed by atoms with van der Waals surface area (Å²) in [6.07, 6.45) is 4.95. The fourth-order valence-corrected chi connectivity index (χ4v) is 3.20. The van der Waals surface area contributed by atoms with Crippen LogP contribution < -0.4 is 10.5 Å². The van der Waals surface area contributed by atoms with E-state index in [1.165, 1.54) is 37.9 Å². The number of ether oxygens (including phenoxy) is 1. The molecule has 0 saturated carbocycles. The van der Waals surface area contributed by atoms with Gasteiger partial charge in [-0.1, -0.05) is 12.1 Å². The van der Waals surface area contributed by atoms with Crippen LogP contribution in [0.25, 0.3) is 0 Å². The second-order valence-corrected chi connectivity index (χ2v) is 5.98. The van der Waals surface area contributed by atoms with Crippen LogP contribution in [-0.4, -0.2) is 37.7 Å². The number of nitrogens with zero attached hydrogens (tertiary/aromatic N) is 1. The summed E-state index contributed by atoms with van der Waals surface area (Å²) in [5.41, 5.74) is 7.09. The summed E-state index contributed by atoms with van der Waals surface area (Å²) in [7, 11) is 1.71. The van der Waals surface area contributed by atoms with Gasteiger partial charge in [-0.15, -0.1) is 0 Å². The topological polar surface area (TPSA) is 38.5 Å². The summed E-state index contributed by atoms with van der Waals surface area (Å²) in [5, 5.41) is 0. The van der Waals surface area contributed by atoms with Crippen molar-refractivity contribution in [3.05, 3.63) is 29.8 Å². The molecule has 0 amide bonds. The third-order valence-corrected chi connectivity index (χ3v) is 4.44. The molecule has 0 aliphatic carbocycles. The third-order valence-electron chi connectivity index (χ3n) is 4.44. The average Bonchev–Trinajstić information content (AvgIpc) is 2.48. The smallest absolute Gasteiger partial charge is 0.118 e. The molecule has 0 radical (unpaired) electrons. The van der Waals surface area contributed by atoms with E-state index in [1.54, 1.807) is 7.11 Å². The van der Waals surface area contributed by atoms with Crippen molar-refractivity contribution in [1.29, 1.82) is 0 Å². The van der Waals surface area contributed by atoms with E-state index in [0.29, 0.717) is 6.04 Å². The van der Waals surface area contributed by atoms with Gasteiger partial charge in [0.1, 0.15) is 5.75 Å².